The van der Waals surface area contributed by atoms with E-state index in [4.69, 9.17) is 0 Å². The molecule has 1 aromatic heterocycles. The Morgan fingerprint density at radius 2 is 1.75 bits per heavy atom. The lowest BCUT2D eigenvalue weighted by molar-refractivity contribution is 0.240. The summed E-state index contributed by atoms with van der Waals surface area (Å²) >= 11 is 0. The topological polar surface area (TPSA) is 71.8 Å². The molecule has 0 saturated heterocycles. The fourth-order valence-corrected chi connectivity index (χ4v) is 4.44. The molecule has 32 heavy (non-hydrogen) atoms. The van der Waals surface area contributed by atoms with Crippen molar-refractivity contribution in [3.8, 4) is 5.69 Å². The van der Waals surface area contributed by atoms with Crippen LogP contribution >= 0.6 is 0 Å². The van der Waals surface area contributed by atoms with Crippen LogP contribution in [0.15, 0.2) is 36.4 Å². The highest BCUT2D eigenvalue weighted by Gasteiger charge is 2.21. The zero-order valence-electron chi connectivity index (χ0n) is 19.7. The van der Waals surface area contributed by atoms with Gasteiger partial charge in [0.2, 0.25) is 0 Å². The van der Waals surface area contributed by atoms with Crippen molar-refractivity contribution in [2.45, 2.75) is 65.8 Å². The van der Waals surface area contributed by atoms with Crippen LogP contribution in [0.1, 0.15) is 60.2 Å². The van der Waals surface area contributed by atoms with Crippen molar-refractivity contribution in [2.24, 2.45) is 0 Å². The zero-order chi connectivity index (χ0) is 22.9. The molecule has 2 amide bonds. The zero-order valence-corrected chi connectivity index (χ0v) is 19.7. The van der Waals surface area contributed by atoms with E-state index in [1.54, 1.807) is 0 Å². The smallest absolute Gasteiger partial charge is 0.315 e. The van der Waals surface area contributed by atoms with Gasteiger partial charge in [0.15, 0.2) is 5.82 Å². The van der Waals surface area contributed by atoms with E-state index in [0.717, 1.165) is 36.6 Å². The third kappa shape index (κ3) is 4.54. The van der Waals surface area contributed by atoms with Gasteiger partial charge in [-0.1, -0.05) is 51.1 Å². The molecule has 2 heterocycles. The summed E-state index contributed by atoms with van der Waals surface area (Å²) in [5.41, 5.74) is 7.75. The Bertz CT molecular complexity index is 1120. The maximum absolute atomic E-state index is 12.4. The number of aromatic nitrogens is 3. The molecule has 0 atom stereocenters. The van der Waals surface area contributed by atoms with Gasteiger partial charge in [0.05, 0.1) is 12.2 Å². The minimum absolute atomic E-state index is 0.133. The monoisotopic (exact) mass is 431 g/mol. The van der Waals surface area contributed by atoms with Gasteiger partial charge in [0.25, 0.3) is 0 Å². The van der Waals surface area contributed by atoms with E-state index >= 15 is 0 Å². The van der Waals surface area contributed by atoms with Crippen molar-refractivity contribution in [1.29, 1.82) is 0 Å². The number of amides is 2. The first kappa shape index (κ1) is 22.1. The fourth-order valence-electron chi connectivity index (χ4n) is 4.44. The molecule has 1 aliphatic rings. The summed E-state index contributed by atoms with van der Waals surface area (Å²) in [5, 5.41) is 14.6. The number of nitrogens with zero attached hydrogens (tertiary/aromatic N) is 3. The van der Waals surface area contributed by atoms with Gasteiger partial charge in [0.1, 0.15) is 5.82 Å². The third-order valence-electron chi connectivity index (χ3n) is 6.28. The summed E-state index contributed by atoms with van der Waals surface area (Å²) in [5.74, 6) is 1.71. The number of para-hydroxylation sites is 1. The van der Waals surface area contributed by atoms with Gasteiger partial charge in [-0.05, 0) is 66.0 Å². The molecule has 0 aliphatic carbocycles. The van der Waals surface area contributed by atoms with E-state index in [-0.39, 0.29) is 11.4 Å². The molecule has 0 saturated carbocycles. The maximum atomic E-state index is 12.4. The molecule has 3 aromatic rings. The minimum Gasteiger partial charge on any atom is -0.338 e. The number of benzene rings is 2. The van der Waals surface area contributed by atoms with Crippen molar-refractivity contribution >= 4 is 6.03 Å². The lowest BCUT2D eigenvalue weighted by Crippen LogP contribution is -2.37. The molecule has 0 spiro atoms. The molecule has 0 fully saturated rings. The highest BCUT2D eigenvalue weighted by Crippen LogP contribution is 2.27. The molecular formula is C26H33N5O. The van der Waals surface area contributed by atoms with E-state index in [9.17, 15) is 4.79 Å². The summed E-state index contributed by atoms with van der Waals surface area (Å²) in [6, 6.07) is 12.7. The van der Waals surface area contributed by atoms with E-state index in [0.29, 0.717) is 13.1 Å². The number of fused-ring (bicyclic) bond motifs is 3. The average molecular weight is 432 g/mol. The van der Waals surface area contributed by atoms with Crippen molar-refractivity contribution in [2.75, 3.05) is 6.54 Å². The van der Waals surface area contributed by atoms with Crippen LogP contribution in [-0.2, 0) is 31.2 Å². The van der Waals surface area contributed by atoms with E-state index in [1.165, 1.54) is 27.8 Å². The Kier molecular flexibility index (Phi) is 6.04. The fraction of sp³-hybridized carbons (Fsp3) is 0.423. The normalized spacial score (nSPS) is 12.8. The second kappa shape index (κ2) is 8.77. The molecule has 0 radical (unpaired) electrons. The second-order valence-electron chi connectivity index (χ2n) is 9.69. The van der Waals surface area contributed by atoms with Gasteiger partial charge in [-0.15, -0.1) is 10.2 Å². The Balaban J connectivity index is 1.34. The number of carbonyl (C=O) groups excluding carboxylic acids is 1. The molecule has 4 rings (SSSR count). The number of urea groups is 1. The Hall–Kier alpha value is -3.15. The van der Waals surface area contributed by atoms with Crippen LogP contribution in [0.5, 0.6) is 0 Å². The second-order valence-corrected chi connectivity index (χ2v) is 9.69. The molecule has 2 N–H and O–H groups in total. The summed E-state index contributed by atoms with van der Waals surface area (Å²) in [6.45, 7) is 11.9. The predicted molar refractivity (Wildman–Crippen MR) is 127 cm³/mol. The third-order valence-corrected chi connectivity index (χ3v) is 6.28. The number of aryl methyl sites for hydroxylation is 4. The molecule has 6 heteroatoms. The molecular weight excluding hydrogens is 398 g/mol. The molecule has 6 nitrogen and oxygen atoms in total. The van der Waals surface area contributed by atoms with Crippen molar-refractivity contribution in [3.05, 3.63) is 75.9 Å². The van der Waals surface area contributed by atoms with Crippen molar-refractivity contribution < 1.29 is 4.79 Å². The largest absolute Gasteiger partial charge is 0.338 e. The summed E-state index contributed by atoms with van der Waals surface area (Å²) < 4.78 is 2.07. The maximum Gasteiger partial charge on any atom is 0.315 e. The van der Waals surface area contributed by atoms with Gasteiger partial charge < -0.3 is 10.6 Å². The van der Waals surface area contributed by atoms with Crippen molar-refractivity contribution in [3.63, 3.8) is 0 Å². The summed E-state index contributed by atoms with van der Waals surface area (Å²) in [7, 11) is 0. The van der Waals surface area contributed by atoms with Gasteiger partial charge >= 0.3 is 6.03 Å². The lowest BCUT2D eigenvalue weighted by Gasteiger charge is -2.22. The van der Waals surface area contributed by atoms with Crippen molar-refractivity contribution in [1.82, 2.24) is 25.4 Å². The van der Waals surface area contributed by atoms with Crippen LogP contribution in [0.25, 0.3) is 5.69 Å². The van der Waals surface area contributed by atoms with Crippen LogP contribution in [0, 0.1) is 13.8 Å². The predicted octanol–water partition coefficient (Wildman–Crippen LogP) is 4.32. The first-order valence-electron chi connectivity index (χ1n) is 11.4. The van der Waals surface area contributed by atoms with E-state index in [2.05, 4.69) is 90.3 Å². The van der Waals surface area contributed by atoms with Crippen LogP contribution in [0.2, 0.25) is 0 Å². The van der Waals surface area contributed by atoms with Gasteiger partial charge in [-0.25, -0.2) is 4.79 Å². The van der Waals surface area contributed by atoms with Gasteiger partial charge in [-0.3, -0.25) is 4.57 Å². The Labute approximate surface area is 190 Å². The first-order chi connectivity index (χ1) is 15.2. The van der Waals surface area contributed by atoms with E-state index in [1.807, 2.05) is 6.07 Å². The number of nitrogens with one attached hydrogen (secondary N) is 2. The minimum atomic E-state index is -0.187. The Morgan fingerprint density at radius 3 is 2.47 bits per heavy atom. The van der Waals surface area contributed by atoms with Crippen LogP contribution < -0.4 is 10.6 Å². The standard InChI is InChI=1S/C26H33N5O/c1-17-14-20(26(3,4)5)15-18(2)21(17)12-13-27-25(32)28-16-24-30-29-23-11-10-19-8-6-7-9-22(19)31(23)24/h6-9,14-15H,10-13,16H2,1-5H3,(H2,27,28,32). The first-order valence-corrected chi connectivity index (χ1v) is 11.4. The molecule has 168 valence electrons. The Morgan fingerprint density at radius 1 is 1.03 bits per heavy atom. The molecule has 0 unspecified atom stereocenters. The van der Waals surface area contributed by atoms with Gasteiger partial charge in [-0.2, -0.15) is 0 Å². The quantitative estimate of drug-likeness (QED) is 0.632. The number of carbonyl (C=O) groups is 1. The number of hydrogen-bond donors (Lipinski definition) is 2. The van der Waals surface area contributed by atoms with E-state index < -0.39 is 0 Å². The highest BCUT2D eigenvalue weighted by atomic mass is 16.2. The SMILES string of the molecule is Cc1cc(C(C)(C)C)cc(C)c1CCNC(=O)NCc1nnc2n1-c1ccccc1CC2. The van der Waals surface area contributed by atoms with Crippen LogP contribution in [-0.4, -0.2) is 27.3 Å². The summed E-state index contributed by atoms with van der Waals surface area (Å²) in [4.78, 5) is 12.4. The molecule has 0 bridgehead atoms. The van der Waals surface area contributed by atoms with Crippen LogP contribution in [0.3, 0.4) is 0 Å². The average Bonchev–Trinajstić information content (AvgIpc) is 3.17. The summed E-state index contributed by atoms with van der Waals surface area (Å²) in [6.07, 6.45) is 2.64. The highest BCUT2D eigenvalue weighted by molar-refractivity contribution is 5.73. The molecule has 1 aliphatic heterocycles. The molecule has 2 aromatic carbocycles. The van der Waals surface area contributed by atoms with Gasteiger partial charge in [0, 0.05) is 13.0 Å². The van der Waals surface area contributed by atoms with Crippen LogP contribution in [0.4, 0.5) is 4.79 Å². The number of hydrogen-bond acceptors (Lipinski definition) is 3. The lowest BCUT2D eigenvalue weighted by atomic mass is 9.83. The number of rotatable bonds is 5.